The molecule has 2 fully saturated rings. The van der Waals surface area contributed by atoms with Gasteiger partial charge in [-0.3, -0.25) is 9.59 Å². The second kappa shape index (κ2) is 6.89. The molecule has 2 aliphatic heterocycles. The number of rotatable bonds is 4. The van der Waals surface area contributed by atoms with Crippen molar-refractivity contribution in [3.05, 3.63) is 35.6 Å². The number of halogens is 1. The first kappa shape index (κ1) is 16.9. The number of ether oxygens (including phenoxy) is 1. The average Bonchev–Trinajstić information content (AvgIpc) is 3.01. The number of carbonyl (C=O) groups excluding carboxylic acids is 2. The molecule has 0 bridgehead atoms. The number of benzene rings is 1. The van der Waals surface area contributed by atoms with Gasteiger partial charge in [-0.05, 0) is 43.5 Å². The summed E-state index contributed by atoms with van der Waals surface area (Å²) in [4.78, 5) is 29.1. The predicted octanol–water partition coefficient (Wildman–Crippen LogP) is 1.93. The molecule has 0 saturated carbocycles. The number of methoxy groups -OCH3 is 1. The molecule has 1 aromatic rings. The van der Waals surface area contributed by atoms with Crippen molar-refractivity contribution in [1.29, 1.82) is 0 Å². The molecular weight excluding hydrogens is 311 g/mol. The van der Waals surface area contributed by atoms with Crippen LogP contribution in [0.3, 0.4) is 0 Å². The normalized spacial score (nSPS) is 24.0. The topological polar surface area (TPSA) is 49.9 Å². The molecule has 0 N–H and O–H groups in total. The minimum absolute atomic E-state index is 0.131. The first-order chi connectivity index (χ1) is 11.6. The molecule has 1 spiro atoms. The van der Waals surface area contributed by atoms with E-state index in [0.29, 0.717) is 38.2 Å². The Labute approximate surface area is 141 Å². The molecule has 2 amide bonds. The molecule has 0 aliphatic carbocycles. The maximum absolute atomic E-state index is 13.0. The number of amides is 2. The van der Waals surface area contributed by atoms with Crippen molar-refractivity contribution >= 4 is 11.8 Å². The maximum Gasteiger partial charge on any atom is 0.253 e. The van der Waals surface area contributed by atoms with E-state index in [1.165, 1.54) is 24.3 Å². The molecule has 24 heavy (non-hydrogen) atoms. The minimum atomic E-state index is -0.457. The van der Waals surface area contributed by atoms with Crippen molar-refractivity contribution in [2.24, 2.45) is 5.41 Å². The predicted molar refractivity (Wildman–Crippen MR) is 87.0 cm³/mol. The van der Waals surface area contributed by atoms with Crippen LogP contribution in [0.15, 0.2) is 24.3 Å². The fourth-order valence-electron chi connectivity index (χ4n) is 3.77. The molecule has 3 rings (SSSR count). The van der Waals surface area contributed by atoms with E-state index in [-0.39, 0.29) is 17.6 Å². The van der Waals surface area contributed by atoms with E-state index < -0.39 is 5.41 Å². The summed E-state index contributed by atoms with van der Waals surface area (Å²) in [6.45, 7) is 2.91. The Hall–Kier alpha value is -1.95. The first-order valence-corrected chi connectivity index (χ1v) is 8.39. The van der Waals surface area contributed by atoms with Crippen LogP contribution in [0.25, 0.3) is 0 Å². The van der Waals surface area contributed by atoms with E-state index in [1.807, 2.05) is 4.90 Å². The summed E-state index contributed by atoms with van der Waals surface area (Å²) < 4.78 is 18.1. The van der Waals surface area contributed by atoms with Gasteiger partial charge >= 0.3 is 0 Å². The van der Waals surface area contributed by atoms with Crippen LogP contribution in [0, 0.1) is 11.2 Å². The lowest BCUT2D eigenvalue weighted by molar-refractivity contribution is -0.146. The Morgan fingerprint density at radius 2 is 2.00 bits per heavy atom. The summed E-state index contributed by atoms with van der Waals surface area (Å²) in [5.74, 6) is -0.352. The van der Waals surface area contributed by atoms with Crippen LogP contribution in [0.2, 0.25) is 0 Å². The molecule has 2 saturated heterocycles. The van der Waals surface area contributed by atoms with Crippen LogP contribution in [-0.4, -0.2) is 61.5 Å². The van der Waals surface area contributed by atoms with Gasteiger partial charge in [-0.1, -0.05) is 0 Å². The van der Waals surface area contributed by atoms with E-state index in [0.717, 1.165) is 19.4 Å². The van der Waals surface area contributed by atoms with E-state index >= 15 is 0 Å². The van der Waals surface area contributed by atoms with Crippen molar-refractivity contribution < 1.29 is 18.7 Å². The molecule has 5 nitrogen and oxygen atoms in total. The van der Waals surface area contributed by atoms with Crippen LogP contribution in [0.4, 0.5) is 4.39 Å². The summed E-state index contributed by atoms with van der Waals surface area (Å²) in [6, 6.07) is 5.57. The van der Waals surface area contributed by atoms with Crippen molar-refractivity contribution in [3.63, 3.8) is 0 Å². The highest BCUT2D eigenvalue weighted by Gasteiger charge is 2.49. The summed E-state index contributed by atoms with van der Waals surface area (Å²) in [6.07, 6.45) is 2.47. The largest absolute Gasteiger partial charge is 0.383 e. The summed E-state index contributed by atoms with van der Waals surface area (Å²) >= 11 is 0. The standard InChI is InChI=1S/C18H23FN2O3/c1-24-12-11-20-9-2-7-18(17(20)23)8-10-21(13-18)16(22)14-3-5-15(19)6-4-14/h3-6H,2,7-13H2,1H3. The fraction of sp³-hybridized carbons (Fsp3) is 0.556. The molecular formula is C18H23FN2O3. The monoisotopic (exact) mass is 334 g/mol. The summed E-state index contributed by atoms with van der Waals surface area (Å²) in [7, 11) is 1.63. The third kappa shape index (κ3) is 3.15. The van der Waals surface area contributed by atoms with Crippen molar-refractivity contribution in [2.75, 3.05) is 39.9 Å². The zero-order chi connectivity index (χ0) is 17.2. The van der Waals surface area contributed by atoms with Crippen LogP contribution in [0.5, 0.6) is 0 Å². The van der Waals surface area contributed by atoms with Gasteiger partial charge in [0.2, 0.25) is 5.91 Å². The van der Waals surface area contributed by atoms with Crippen LogP contribution in [0.1, 0.15) is 29.6 Å². The second-order valence-electron chi connectivity index (χ2n) is 6.65. The summed E-state index contributed by atoms with van der Waals surface area (Å²) in [5, 5.41) is 0. The Morgan fingerprint density at radius 3 is 2.71 bits per heavy atom. The second-order valence-corrected chi connectivity index (χ2v) is 6.65. The van der Waals surface area contributed by atoms with Crippen molar-refractivity contribution in [1.82, 2.24) is 9.80 Å². The SMILES string of the molecule is COCCN1CCCC2(CCN(C(=O)c3ccc(F)cc3)C2)C1=O. The fourth-order valence-corrected chi connectivity index (χ4v) is 3.77. The Balaban J connectivity index is 1.70. The number of carbonyl (C=O) groups is 2. The van der Waals surface area contributed by atoms with Crippen LogP contribution < -0.4 is 0 Å². The number of piperidine rings is 1. The van der Waals surface area contributed by atoms with Gasteiger partial charge in [0.05, 0.1) is 12.0 Å². The first-order valence-electron chi connectivity index (χ1n) is 8.39. The lowest BCUT2D eigenvalue weighted by Gasteiger charge is -2.39. The van der Waals surface area contributed by atoms with E-state index in [2.05, 4.69) is 0 Å². The number of hydrogen-bond acceptors (Lipinski definition) is 3. The Bertz CT molecular complexity index is 619. The molecule has 1 aromatic carbocycles. The van der Waals surface area contributed by atoms with Gasteiger partial charge < -0.3 is 14.5 Å². The highest BCUT2D eigenvalue weighted by molar-refractivity contribution is 5.95. The molecule has 0 aromatic heterocycles. The van der Waals surface area contributed by atoms with Gasteiger partial charge in [0.25, 0.3) is 5.91 Å². The quantitative estimate of drug-likeness (QED) is 0.845. The molecule has 1 atom stereocenters. The molecule has 0 radical (unpaired) electrons. The molecule has 2 heterocycles. The third-order valence-electron chi connectivity index (χ3n) is 5.12. The smallest absolute Gasteiger partial charge is 0.253 e. The number of nitrogens with zero attached hydrogens (tertiary/aromatic N) is 2. The Morgan fingerprint density at radius 1 is 1.25 bits per heavy atom. The molecule has 130 valence electrons. The number of likely N-dealkylation sites (tertiary alicyclic amines) is 2. The van der Waals surface area contributed by atoms with Gasteiger partial charge in [0.1, 0.15) is 5.82 Å². The van der Waals surface area contributed by atoms with Gasteiger partial charge in [0, 0.05) is 38.9 Å². The van der Waals surface area contributed by atoms with Crippen LogP contribution in [-0.2, 0) is 9.53 Å². The Kier molecular flexibility index (Phi) is 4.85. The summed E-state index contributed by atoms with van der Waals surface area (Å²) in [5.41, 5.74) is 0.00903. The molecule has 1 unspecified atom stereocenters. The minimum Gasteiger partial charge on any atom is -0.383 e. The number of hydrogen-bond donors (Lipinski definition) is 0. The zero-order valence-electron chi connectivity index (χ0n) is 14.0. The van der Waals surface area contributed by atoms with E-state index in [4.69, 9.17) is 4.74 Å². The highest BCUT2D eigenvalue weighted by atomic mass is 19.1. The third-order valence-corrected chi connectivity index (χ3v) is 5.12. The van der Waals surface area contributed by atoms with Crippen molar-refractivity contribution in [2.45, 2.75) is 19.3 Å². The van der Waals surface area contributed by atoms with E-state index in [9.17, 15) is 14.0 Å². The molecule has 2 aliphatic rings. The van der Waals surface area contributed by atoms with Crippen molar-refractivity contribution in [3.8, 4) is 0 Å². The molecule has 6 heteroatoms. The lowest BCUT2D eigenvalue weighted by atomic mass is 9.78. The van der Waals surface area contributed by atoms with Gasteiger partial charge in [-0.2, -0.15) is 0 Å². The maximum atomic E-state index is 13.0. The highest BCUT2D eigenvalue weighted by Crippen LogP contribution is 2.40. The van der Waals surface area contributed by atoms with Gasteiger partial charge in [0.15, 0.2) is 0 Å². The zero-order valence-corrected chi connectivity index (χ0v) is 14.0. The van der Waals surface area contributed by atoms with E-state index in [1.54, 1.807) is 12.0 Å². The van der Waals surface area contributed by atoms with Gasteiger partial charge in [-0.15, -0.1) is 0 Å². The average molecular weight is 334 g/mol. The lowest BCUT2D eigenvalue weighted by Crippen LogP contribution is -2.51. The van der Waals surface area contributed by atoms with Gasteiger partial charge in [-0.25, -0.2) is 4.39 Å². The van der Waals surface area contributed by atoms with Crippen LogP contribution >= 0.6 is 0 Å².